The van der Waals surface area contributed by atoms with Crippen molar-refractivity contribution in [2.45, 2.75) is 51.2 Å². The first kappa shape index (κ1) is 14.9. The molecule has 1 aromatic rings. The van der Waals surface area contributed by atoms with Crippen LogP contribution in [0.25, 0.3) is 0 Å². The highest BCUT2D eigenvalue weighted by molar-refractivity contribution is 5.94. The third-order valence-corrected chi connectivity index (χ3v) is 4.38. The largest absolute Gasteiger partial charge is 0.397 e. The number of carbonyl (C=O) groups is 1. The van der Waals surface area contributed by atoms with Crippen LogP contribution >= 0.6 is 0 Å². The highest BCUT2D eigenvalue weighted by atomic mass is 16.5. The van der Waals surface area contributed by atoms with Crippen LogP contribution in [0.3, 0.4) is 0 Å². The predicted molar refractivity (Wildman–Crippen MR) is 79.6 cm³/mol. The van der Waals surface area contributed by atoms with Gasteiger partial charge < -0.3 is 20.4 Å². The number of amides is 1. The van der Waals surface area contributed by atoms with E-state index in [2.05, 4.69) is 19.2 Å². The summed E-state index contributed by atoms with van der Waals surface area (Å²) >= 11 is 0. The number of hydrogen-bond acceptors (Lipinski definition) is 3. The van der Waals surface area contributed by atoms with Crippen molar-refractivity contribution in [3.8, 4) is 0 Å². The van der Waals surface area contributed by atoms with Gasteiger partial charge in [0.2, 0.25) is 0 Å². The number of aromatic nitrogens is 1. The summed E-state index contributed by atoms with van der Waals surface area (Å²) in [6.07, 6.45) is 5.46. The number of rotatable bonds is 4. The number of aryl methyl sites for hydroxylation is 1. The number of nitrogen functional groups attached to an aromatic ring is 1. The van der Waals surface area contributed by atoms with Crippen LogP contribution in [-0.2, 0) is 11.8 Å². The molecule has 0 saturated carbocycles. The summed E-state index contributed by atoms with van der Waals surface area (Å²) in [6.45, 7) is 5.00. The van der Waals surface area contributed by atoms with Crippen LogP contribution in [0.15, 0.2) is 12.3 Å². The first-order valence-corrected chi connectivity index (χ1v) is 7.36. The van der Waals surface area contributed by atoms with Gasteiger partial charge in [0.25, 0.3) is 5.91 Å². The van der Waals surface area contributed by atoms with Gasteiger partial charge in [-0.2, -0.15) is 0 Å². The molecule has 5 heteroatoms. The van der Waals surface area contributed by atoms with Crippen molar-refractivity contribution in [2.24, 2.45) is 7.05 Å². The highest BCUT2D eigenvalue weighted by Crippen LogP contribution is 2.31. The maximum absolute atomic E-state index is 12.3. The first-order chi connectivity index (χ1) is 9.49. The van der Waals surface area contributed by atoms with Crippen molar-refractivity contribution in [1.29, 1.82) is 0 Å². The number of carbonyl (C=O) groups excluding carboxylic acids is 1. The topological polar surface area (TPSA) is 69.3 Å². The molecule has 0 aliphatic carbocycles. The van der Waals surface area contributed by atoms with Gasteiger partial charge in [0, 0.05) is 25.9 Å². The Morgan fingerprint density at radius 3 is 2.80 bits per heavy atom. The molecule has 1 atom stereocenters. The number of nitrogens with one attached hydrogen (secondary N) is 1. The fraction of sp³-hybridized carbons (Fsp3) is 0.667. The monoisotopic (exact) mass is 279 g/mol. The summed E-state index contributed by atoms with van der Waals surface area (Å²) in [5, 5.41) is 3.12. The molecule has 2 heterocycles. The SMILES string of the molecule is CCC1(CC)CC(NC(=O)c2cc(N)cn2C)CCO1. The van der Waals surface area contributed by atoms with E-state index in [1.807, 2.05) is 7.05 Å². The minimum atomic E-state index is -0.0799. The first-order valence-electron chi connectivity index (χ1n) is 7.36. The van der Waals surface area contributed by atoms with Crippen LogP contribution in [0.5, 0.6) is 0 Å². The lowest BCUT2D eigenvalue weighted by Gasteiger charge is -2.40. The maximum atomic E-state index is 12.3. The Hall–Kier alpha value is -1.49. The zero-order valence-corrected chi connectivity index (χ0v) is 12.6. The van der Waals surface area contributed by atoms with E-state index in [0.29, 0.717) is 18.0 Å². The average Bonchev–Trinajstić information content (AvgIpc) is 2.78. The molecular formula is C15H25N3O2. The van der Waals surface area contributed by atoms with Crippen LogP contribution in [0.4, 0.5) is 5.69 Å². The van der Waals surface area contributed by atoms with E-state index in [4.69, 9.17) is 10.5 Å². The fourth-order valence-corrected chi connectivity index (χ4v) is 2.97. The molecule has 2 rings (SSSR count). The van der Waals surface area contributed by atoms with Crippen LogP contribution < -0.4 is 11.1 Å². The molecule has 3 N–H and O–H groups in total. The maximum Gasteiger partial charge on any atom is 0.268 e. The molecule has 1 aliphatic rings. The van der Waals surface area contributed by atoms with E-state index in [1.54, 1.807) is 16.8 Å². The molecule has 1 amide bonds. The lowest BCUT2D eigenvalue weighted by atomic mass is 9.86. The minimum absolute atomic E-state index is 0.0581. The van der Waals surface area contributed by atoms with E-state index in [0.717, 1.165) is 25.7 Å². The van der Waals surface area contributed by atoms with Crippen LogP contribution in [0.1, 0.15) is 50.0 Å². The molecule has 112 valence electrons. The summed E-state index contributed by atoms with van der Waals surface area (Å²) < 4.78 is 7.69. The zero-order chi connectivity index (χ0) is 14.8. The summed E-state index contributed by atoms with van der Waals surface area (Å²) in [5.74, 6) is -0.0581. The average molecular weight is 279 g/mol. The van der Waals surface area contributed by atoms with Crippen molar-refractivity contribution >= 4 is 11.6 Å². The molecule has 1 saturated heterocycles. The Morgan fingerprint density at radius 1 is 1.55 bits per heavy atom. The zero-order valence-electron chi connectivity index (χ0n) is 12.6. The van der Waals surface area contributed by atoms with Gasteiger partial charge in [0.1, 0.15) is 5.69 Å². The smallest absolute Gasteiger partial charge is 0.268 e. The molecular weight excluding hydrogens is 254 g/mol. The van der Waals surface area contributed by atoms with Gasteiger partial charge in [-0.3, -0.25) is 4.79 Å². The molecule has 1 aliphatic heterocycles. The molecule has 0 radical (unpaired) electrons. The Kier molecular flexibility index (Phi) is 4.38. The van der Waals surface area contributed by atoms with Gasteiger partial charge >= 0.3 is 0 Å². The predicted octanol–water partition coefficient (Wildman–Crippen LogP) is 2.07. The van der Waals surface area contributed by atoms with Crippen LogP contribution in [0, 0.1) is 0 Å². The second-order valence-corrected chi connectivity index (χ2v) is 5.67. The fourth-order valence-electron chi connectivity index (χ4n) is 2.97. The lowest BCUT2D eigenvalue weighted by molar-refractivity contribution is -0.0918. The number of nitrogens with two attached hydrogens (primary N) is 1. The van der Waals surface area contributed by atoms with E-state index < -0.39 is 0 Å². The Morgan fingerprint density at radius 2 is 2.25 bits per heavy atom. The molecule has 0 aromatic carbocycles. The standard InChI is InChI=1S/C15H25N3O2/c1-4-15(5-2)9-12(6-7-20-15)17-14(19)13-8-11(16)10-18(13)3/h8,10,12H,4-7,9,16H2,1-3H3,(H,17,19). The summed E-state index contributed by atoms with van der Waals surface area (Å²) in [7, 11) is 1.83. The summed E-state index contributed by atoms with van der Waals surface area (Å²) in [4.78, 5) is 12.3. The number of ether oxygens (including phenoxy) is 1. The van der Waals surface area contributed by atoms with E-state index >= 15 is 0 Å². The third kappa shape index (κ3) is 2.98. The van der Waals surface area contributed by atoms with Crippen LogP contribution in [0.2, 0.25) is 0 Å². The van der Waals surface area contributed by atoms with E-state index in [-0.39, 0.29) is 17.6 Å². The Labute approximate surface area is 120 Å². The molecule has 1 unspecified atom stereocenters. The summed E-state index contributed by atoms with van der Waals surface area (Å²) in [5.41, 5.74) is 6.85. The van der Waals surface area contributed by atoms with Crippen molar-refractivity contribution in [1.82, 2.24) is 9.88 Å². The van der Waals surface area contributed by atoms with Crippen molar-refractivity contribution in [3.05, 3.63) is 18.0 Å². The van der Waals surface area contributed by atoms with Gasteiger partial charge in [-0.05, 0) is 31.7 Å². The molecule has 5 nitrogen and oxygen atoms in total. The number of hydrogen-bond donors (Lipinski definition) is 2. The van der Waals surface area contributed by atoms with Gasteiger partial charge in [-0.25, -0.2) is 0 Å². The van der Waals surface area contributed by atoms with Gasteiger partial charge in [0.05, 0.1) is 11.3 Å². The highest BCUT2D eigenvalue weighted by Gasteiger charge is 2.35. The van der Waals surface area contributed by atoms with Crippen molar-refractivity contribution < 1.29 is 9.53 Å². The lowest BCUT2D eigenvalue weighted by Crippen LogP contribution is -2.48. The molecule has 1 aromatic heterocycles. The van der Waals surface area contributed by atoms with Gasteiger partial charge in [-0.1, -0.05) is 13.8 Å². The van der Waals surface area contributed by atoms with Crippen molar-refractivity contribution in [3.63, 3.8) is 0 Å². The second kappa shape index (κ2) is 5.87. The second-order valence-electron chi connectivity index (χ2n) is 5.67. The van der Waals surface area contributed by atoms with Gasteiger partial charge in [0.15, 0.2) is 0 Å². The van der Waals surface area contributed by atoms with E-state index in [9.17, 15) is 4.79 Å². The molecule has 20 heavy (non-hydrogen) atoms. The van der Waals surface area contributed by atoms with Gasteiger partial charge in [-0.15, -0.1) is 0 Å². The Balaban J connectivity index is 2.03. The molecule has 1 fully saturated rings. The van der Waals surface area contributed by atoms with Crippen LogP contribution in [-0.4, -0.2) is 28.7 Å². The normalized spacial score (nSPS) is 21.6. The number of anilines is 1. The molecule has 0 bridgehead atoms. The number of nitrogens with zero attached hydrogens (tertiary/aromatic N) is 1. The Bertz CT molecular complexity index is 477. The minimum Gasteiger partial charge on any atom is -0.397 e. The van der Waals surface area contributed by atoms with Crippen molar-refractivity contribution in [2.75, 3.05) is 12.3 Å². The molecule has 0 spiro atoms. The third-order valence-electron chi connectivity index (χ3n) is 4.38. The quantitative estimate of drug-likeness (QED) is 0.886. The van der Waals surface area contributed by atoms with E-state index in [1.165, 1.54) is 0 Å². The summed E-state index contributed by atoms with van der Waals surface area (Å²) in [6, 6.07) is 1.88.